The van der Waals surface area contributed by atoms with Gasteiger partial charge >= 0.3 is 5.97 Å². The van der Waals surface area contributed by atoms with Gasteiger partial charge in [-0.05, 0) is 31.5 Å². The summed E-state index contributed by atoms with van der Waals surface area (Å²) in [4.78, 5) is 31.8. The van der Waals surface area contributed by atoms with Crippen LogP contribution in [0.1, 0.15) is 28.5 Å². The minimum Gasteiger partial charge on any atom is -0.462 e. The Balaban J connectivity index is 2.74. The maximum absolute atomic E-state index is 12.4. The van der Waals surface area contributed by atoms with Gasteiger partial charge < -0.3 is 10.5 Å². The van der Waals surface area contributed by atoms with E-state index in [0.29, 0.717) is 21.8 Å². The zero-order valence-electron chi connectivity index (χ0n) is 13.8. The third-order valence-corrected chi connectivity index (χ3v) is 4.25. The van der Waals surface area contributed by atoms with Gasteiger partial charge in [-0.2, -0.15) is 5.26 Å². The number of rotatable bonds is 6. The summed E-state index contributed by atoms with van der Waals surface area (Å²) < 4.78 is 5.12. The summed E-state index contributed by atoms with van der Waals surface area (Å²) in [6.45, 7) is 3.57. The summed E-state index contributed by atoms with van der Waals surface area (Å²) >= 11 is 1.06. The second kappa shape index (κ2) is 8.26. The van der Waals surface area contributed by atoms with Crippen molar-refractivity contribution in [2.24, 2.45) is 5.73 Å². The van der Waals surface area contributed by atoms with E-state index in [9.17, 15) is 14.9 Å². The molecule has 8 heteroatoms. The van der Waals surface area contributed by atoms with E-state index >= 15 is 0 Å². The number of nitriles is 1. The average molecular weight is 356 g/mol. The molecule has 2 aromatic rings. The molecule has 2 rings (SSSR count). The Morgan fingerprint density at radius 1 is 1.36 bits per heavy atom. The highest BCUT2D eigenvalue weighted by Crippen LogP contribution is 2.34. The molecule has 0 fully saturated rings. The molecule has 1 amide bonds. The summed E-state index contributed by atoms with van der Waals surface area (Å²) in [5, 5.41) is 10.0. The first-order valence-corrected chi connectivity index (χ1v) is 8.41. The second-order valence-corrected chi connectivity index (χ2v) is 5.91. The Morgan fingerprint density at radius 3 is 2.60 bits per heavy atom. The van der Waals surface area contributed by atoms with Crippen molar-refractivity contribution in [1.82, 2.24) is 9.97 Å². The Bertz CT molecular complexity index is 847. The lowest BCUT2D eigenvalue weighted by Crippen LogP contribution is -2.15. The number of primary amides is 1. The molecule has 2 N–H and O–H groups in total. The van der Waals surface area contributed by atoms with Crippen molar-refractivity contribution < 1.29 is 14.3 Å². The molecule has 0 spiro atoms. The molecule has 25 heavy (non-hydrogen) atoms. The van der Waals surface area contributed by atoms with Gasteiger partial charge in [-0.25, -0.2) is 9.78 Å². The van der Waals surface area contributed by atoms with E-state index in [0.717, 1.165) is 11.8 Å². The molecule has 0 aliphatic heterocycles. The quantitative estimate of drug-likeness (QED) is 0.621. The number of amides is 1. The number of thioether (sulfide) groups is 1. The standard InChI is InChI=1S/C17H16N4O3S/c1-3-24-17(23)14-10(2)21-16(25-9-13(19)22)12(8-18)15(14)11-4-6-20-7-5-11/h4-7H,3,9H2,1-2H3,(H2,19,22). The van der Waals surface area contributed by atoms with Crippen LogP contribution in [-0.4, -0.2) is 34.2 Å². The number of nitrogens with two attached hydrogens (primary N) is 1. The van der Waals surface area contributed by atoms with Gasteiger partial charge in [-0.15, -0.1) is 0 Å². The molecule has 0 saturated carbocycles. The Kier molecular flexibility index (Phi) is 6.08. The van der Waals surface area contributed by atoms with E-state index in [4.69, 9.17) is 10.5 Å². The normalized spacial score (nSPS) is 10.1. The van der Waals surface area contributed by atoms with E-state index < -0.39 is 11.9 Å². The fourth-order valence-electron chi connectivity index (χ4n) is 2.28. The van der Waals surface area contributed by atoms with Crippen LogP contribution >= 0.6 is 11.8 Å². The fourth-order valence-corrected chi connectivity index (χ4v) is 3.06. The summed E-state index contributed by atoms with van der Waals surface area (Å²) in [6.07, 6.45) is 3.13. The van der Waals surface area contributed by atoms with Crippen molar-refractivity contribution in [3.63, 3.8) is 0 Å². The number of aromatic nitrogens is 2. The first-order valence-electron chi connectivity index (χ1n) is 7.42. The highest BCUT2D eigenvalue weighted by Gasteiger charge is 2.25. The lowest BCUT2D eigenvalue weighted by atomic mass is 9.95. The summed E-state index contributed by atoms with van der Waals surface area (Å²) in [5.74, 6) is -1.09. The highest BCUT2D eigenvalue weighted by molar-refractivity contribution is 8.00. The van der Waals surface area contributed by atoms with Crippen molar-refractivity contribution in [2.75, 3.05) is 12.4 Å². The van der Waals surface area contributed by atoms with Crippen LogP contribution in [0.5, 0.6) is 0 Å². The Hall–Kier alpha value is -2.92. The minimum absolute atomic E-state index is 0.0182. The Labute approximate surface area is 149 Å². The molecule has 0 aromatic carbocycles. The molecule has 0 aliphatic rings. The topological polar surface area (TPSA) is 119 Å². The second-order valence-electron chi connectivity index (χ2n) is 4.95. The molecule has 7 nitrogen and oxygen atoms in total. The van der Waals surface area contributed by atoms with Crippen molar-refractivity contribution in [3.8, 4) is 17.2 Å². The zero-order chi connectivity index (χ0) is 18.4. The zero-order valence-corrected chi connectivity index (χ0v) is 14.6. The molecule has 2 heterocycles. The van der Waals surface area contributed by atoms with E-state index in [-0.39, 0.29) is 23.5 Å². The van der Waals surface area contributed by atoms with Crippen LogP contribution in [0.4, 0.5) is 0 Å². The minimum atomic E-state index is -0.553. The number of ether oxygens (including phenoxy) is 1. The van der Waals surface area contributed by atoms with Gasteiger partial charge in [0.05, 0.1) is 29.2 Å². The van der Waals surface area contributed by atoms with E-state index in [1.54, 1.807) is 38.4 Å². The van der Waals surface area contributed by atoms with Crippen molar-refractivity contribution >= 4 is 23.6 Å². The fraction of sp³-hybridized carbons (Fsp3) is 0.235. The maximum atomic E-state index is 12.4. The Morgan fingerprint density at radius 2 is 2.04 bits per heavy atom. The van der Waals surface area contributed by atoms with Gasteiger partial charge in [-0.3, -0.25) is 9.78 Å². The highest BCUT2D eigenvalue weighted by atomic mass is 32.2. The number of carbonyl (C=O) groups excluding carboxylic acids is 2. The number of hydrogen-bond acceptors (Lipinski definition) is 7. The number of esters is 1. The molecule has 0 unspecified atom stereocenters. The van der Waals surface area contributed by atoms with Gasteiger partial charge in [0.25, 0.3) is 0 Å². The van der Waals surface area contributed by atoms with Gasteiger partial charge in [0, 0.05) is 18.0 Å². The summed E-state index contributed by atoms with van der Waals surface area (Å²) in [5.41, 5.74) is 7.09. The summed E-state index contributed by atoms with van der Waals surface area (Å²) in [7, 11) is 0. The largest absolute Gasteiger partial charge is 0.462 e. The molecule has 0 radical (unpaired) electrons. The molecule has 2 aromatic heterocycles. The van der Waals surface area contributed by atoms with Crippen LogP contribution in [-0.2, 0) is 9.53 Å². The third-order valence-electron chi connectivity index (χ3n) is 3.26. The van der Waals surface area contributed by atoms with Gasteiger partial charge in [0.2, 0.25) is 5.91 Å². The predicted molar refractivity (Wildman–Crippen MR) is 92.8 cm³/mol. The van der Waals surface area contributed by atoms with Crippen LogP contribution in [0.3, 0.4) is 0 Å². The first kappa shape index (κ1) is 18.4. The molecule has 0 bridgehead atoms. The number of pyridine rings is 2. The molecule has 0 atom stereocenters. The van der Waals surface area contributed by atoms with Gasteiger partial charge in [0.1, 0.15) is 11.1 Å². The molecular weight excluding hydrogens is 340 g/mol. The molecule has 128 valence electrons. The van der Waals surface area contributed by atoms with Gasteiger partial charge in [0.15, 0.2) is 0 Å². The van der Waals surface area contributed by atoms with Crippen LogP contribution < -0.4 is 5.73 Å². The van der Waals surface area contributed by atoms with Crippen molar-refractivity contribution in [3.05, 3.63) is 41.3 Å². The maximum Gasteiger partial charge on any atom is 0.340 e. The van der Waals surface area contributed by atoms with Gasteiger partial charge in [-0.1, -0.05) is 11.8 Å². The van der Waals surface area contributed by atoms with Crippen LogP contribution in [0.25, 0.3) is 11.1 Å². The smallest absolute Gasteiger partial charge is 0.340 e. The lowest BCUT2D eigenvalue weighted by Gasteiger charge is -2.15. The van der Waals surface area contributed by atoms with Crippen LogP contribution in [0.15, 0.2) is 29.6 Å². The number of aryl methyl sites for hydroxylation is 1. The molecule has 0 saturated heterocycles. The summed E-state index contributed by atoms with van der Waals surface area (Å²) in [6, 6.07) is 5.48. The van der Waals surface area contributed by atoms with Crippen molar-refractivity contribution in [2.45, 2.75) is 18.9 Å². The monoisotopic (exact) mass is 356 g/mol. The molecular formula is C17H16N4O3S. The predicted octanol–water partition coefficient (Wildman–Crippen LogP) is 2.08. The first-order chi connectivity index (χ1) is 12.0. The lowest BCUT2D eigenvalue weighted by molar-refractivity contribution is -0.115. The van der Waals surface area contributed by atoms with Crippen molar-refractivity contribution in [1.29, 1.82) is 5.26 Å². The number of hydrogen-bond donors (Lipinski definition) is 1. The number of carbonyl (C=O) groups is 2. The van der Waals surface area contributed by atoms with E-state index in [1.807, 2.05) is 0 Å². The van der Waals surface area contributed by atoms with E-state index in [2.05, 4.69) is 16.0 Å². The SMILES string of the molecule is CCOC(=O)c1c(C)nc(SCC(N)=O)c(C#N)c1-c1ccncc1. The third kappa shape index (κ3) is 4.14. The van der Waals surface area contributed by atoms with E-state index in [1.165, 1.54) is 0 Å². The number of nitrogens with zero attached hydrogens (tertiary/aromatic N) is 3. The average Bonchev–Trinajstić information content (AvgIpc) is 2.60. The molecule has 0 aliphatic carbocycles. The van der Waals surface area contributed by atoms with Crippen LogP contribution in [0.2, 0.25) is 0 Å². The van der Waals surface area contributed by atoms with Crippen LogP contribution in [0, 0.1) is 18.3 Å².